The lowest BCUT2D eigenvalue weighted by Crippen LogP contribution is -2.49. The van der Waals surface area contributed by atoms with Gasteiger partial charge in [-0.15, -0.1) is 0 Å². The molecule has 4 saturated heterocycles. The van der Waals surface area contributed by atoms with E-state index in [2.05, 4.69) is 32.8 Å². The zero-order valence-electron chi connectivity index (χ0n) is 32.7. The molecule has 3 aromatic heterocycles. The molecule has 4 aromatic rings. The van der Waals surface area contributed by atoms with Crippen LogP contribution in [0, 0.1) is 5.92 Å². The highest BCUT2D eigenvalue weighted by atomic mass is 32.2. The Hall–Kier alpha value is -5.10. The topological polar surface area (TPSA) is 137 Å². The van der Waals surface area contributed by atoms with E-state index >= 15 is 4.39 Å². The van der Waals surface area contributed by atoms with Crippen LogP contribution in [0.1, 0.15) is 49.4 Å². The molecule has 7 heterocycles. The summed E-state index contributed by atoms with van der Waals surface area (Å²) in [5.41, 5.74) is 1.00. The largest absolute Gasteiger partial charge is 0.433 e. The number of sulfone groups is 1. The third kappa shape index (κ3) is 9.07. The van der Waals surface area contributed by atoms with Crippen LogP contribution in [0.15, 0.2) is 67.5 Å². The summed E-state index contributed by atoms with van der Waals surface area (Å²) in [6.45, 7) is 6.97. The standard InChI is InChI=1S/C41H47F4N9O4S/c1-3-39(55)54-16-5-6-33(54)28-9-10-32(53-22-26(23-53)25-59(2,56)57)30-21-47-37(20-29(28)30)49-36-11-15-46-40(50-36)52-19-14-34(31(42)24-52)58-27-12-17-51(18-13-27)38-8-4-7-35(48-38)41(43,44)45/h3-4,7-11,15,20-21,26-27,31,33-34H,1,5-6,12-14,16-19,22-25H2,2H3,(H,46,47,49,50)/t31-,33-,34+/m0/s1. The fraction of sp³-hybridized carbons (Fsp3) is 0.488. The molecule has 4 aliphatic heterocycles. The second-order valence-corrected chi connectivity index (χ2v) is 18.1. The number of alkyl halides is 4. The van der Waals surface area contributed by atoms with Gasteiger partial charge < -0.3 is 29.7 Å². The third-order valence-corrected chi connectivity index (χ3v) is 12.7. The molecule has 59 heavy (non-hydrogen) atoms. The van der Waals surface area contributed by atoms with Gasteiger partial charge in [0.25, 0.3) is 0 Å². The SMILES string of the molecule is C=CC(=O)N1CCC[C@H]1c1ccc(N2CC(CS(C)(=O)=O)C2)c2cnc(Nc3ccnc(N4CC[C@@H](OC5CCN(c6cccc(C(F)(F)F)n6)CC5)[C@@H](F)C4)n3)cc12. The fourth-order valence-electron chi connectivity index (χ4n) is 8.80. The van der Waals surface area contributed by atoms with Gasteiger partial charge in [0.2, 0.25) is 11.9 Å². The van der Waals surface area contributed by atoms with Gasteiger partial charge in [-0.1, -0.05) is 18.7 Å². The van der Waals surface area contributed by atoms with E-state index in [0.717, 1.165) is 40.9 Å². The van der Waals surface area contributed by atoms with Gasteiger partial charge in [0.15, 0.2) is 0 Å². The zero-order valence-corrected chi connectivity index (χ0v) is 33.5. The van der Waals surface area contributed by atoms with Crippen molar-refractivity contribution in [3.63, 3.8) is 0 Å². The highest BCUT2D eigenvalue weighted by Gasteiger charge is 2.37. The Bertz CT molecular complexity index is 2300. The Kier molecular flexibility index (Phi) is 11.4. The van der Waals surface area contributed by atoms with E-state index in [1.54, 1.807) is 34.3 Å². The molecule has 314 valence electrons. The lowest BCUT2D eigenvalue weighted by molar-refractivity contribution is -0.141. The monoisotopic (exact) mass is 837 g/mol. The minimum absolute atomic E-state index is 0.0321. The lowest BCUT2D eigenvalue weighted by Gasteiger charge is -2.41. The molecule has 4 fully saturated rings. The van der Waals surface area contributed by atoms with E-state index in [1.165, 1.54) is 18.4 Å². The van der Waals surface area contributed by atoms with Crippen LogP contribution in [0.5, 0.6) is 0 Å². The molecule has 0 saturated carbocycles. The van der Waals surface area contributed by atoms with Crippen molar-refractivity contribution in [2.24, 2.45) is 5.92 Å². The number of nitrogens with one attached hydrogen (secondary N) is 1. The van der Waals surface area contributed by atoms with Crippen molar-refractivity contribution in [2.75, 3.05) is 77.8 Å². The molecule has 0 unspecified atom stereocenters. The summed E-state index contributed by atoms with van der Waals surface area (Å²) in [7, 11) is -3.09. The number of nitrogens with zero attached hydrogens (tertiary/aromatic N) is 8. The summed E-state index contributed by atoms with van der Waals surface area (Å²) in [5, 5.41) is 5.10. The van der Waals surface area contributed by atoms with Gasteiger partial charge in [-0.25, -0.2) is 27.8 Å². The molecule has 0 radical (unpaired) electrons. The molecular formula is C41H47F4N9O4S. The number of anilines is 5. The molecule has 4 aliphatic rings. The Morgan fingerprint density at radius 3 is 2.44 bits per heavy atom. The van der Waals surface area contributed by atoms with Crippen molar-refractivity contribution < 1.29 is 35.5 Å². The number of rotatable bonds is 11. The second kappa shape index (κ2) is 16.5. The first kappa shape index (κ1) is 40.7. The van der Waals surface area contributed by atoms with Gasteiger partial charge in [-0.3, -0.25) is 4.79 Å². The molecule has 3 atom stereocenters. The van der Waals surface area contributed by atoms with Gasteiger partial charge in [-0.05, 0) is 79.5 Å². The van der Waals surface area contributed by atoms with Crippen LogP contribution in [0.2, 0.25) is 0 Å². The molecule has 8 rings (SSSR count). The maximum atomic E-state index is 15.7. The minimum Gasteiger partial charge on any atom is -0.372 e. The number of carbonyl (C=O) groups excluding carboxylic acids is 1. The molecule has 13 nitrogen and oxygen atoms in total. The molecule has 0 aliphatic carbocycles. The number of likely N-dealkylation sites (tertiary alicyclic amines) is 1. The van der Waals surface area contributed by atoms with Crippen molar-refractivity contribution in [1.82, 2.24) is 24.8 Å². The molecule has 0 spiro atoms. The number of hydrogen-bond acceptors (Lipinski definition) is 12. The number of pyridine rings is 2. The van der Waals surface area contributed by atoms with Crippen LogP contribution in [0.25, 0.3) is 10.8 Å². The number of hydrogen-bond donors (Lipinski definition) is 1. The van der Waals surface area contributed by atoms with E-state index in [4.69, 9.17) is 14.7 Å². The maximum Gasteiger partial charge on any atom is 0.433 e. The Labute approximate surface area is 340 Å². The molecular weight excluding hydrogens is 791 g/mol. The van der Waals surface area contributed by atoms with Gasteiger partial charge >= 0.3 is 6.18 Å². The average molecular weight is 838 g/mol. The lowest BCUT2D eigenvalue weighted by atomic mass is 9.94. The van der Waals surface area contributed by atoms with E-state index in [0.29, 0.717) is 76.1 Å². The molecule has 1 aromatic carbocycles. The smallest absolute Gasteiger partial charge is 0.372 e. The summed E-state index contributed by atoms with van der Waals surface area (Å²) < 4.78 is 85.3. The van der Waals surface area contributed by atoms with Gasteiger partial charge in [0, 0.05) is 74.9 Å². The van der Waals surface area contributed by atoms with Crippen LogP contribution in [0.4, 0.5) is 46.7 Å². The van der Waals surface area contributed by atoms with Crippen LogP contribution in [-0.4, -0.2) is 115 Å². The van der Waals surface area contributed by atoms with Crippen LogP contribution in [0.3, 0.4) is 0 Å². The molecule has 18 heteroatoms. The van der Waals surface area contributed by atoms with Gasteiger partial charge in [-0.2, -0.15) is 18.2 Å². The fourth-order valence-corrected chi connectivity index (χ4v) is 9.86. The summed E-state index contributed by atoms with van der Waals surface area (Å²) in [5.74, 6) is 1.67. The first-order valence-electron chi connectivity index (χ1n) is 19.9. The maximum absolute atomic E-state index is 15.7. The number of aromatic nitrogens is 4. The summed E-state index contributed by atoms with van der Waals surface area (Å²) >= 11 is 0. The predicted octanol–water partition coefficient (Wildman–Crippen LogP) is 6.11. The van der Waals surface area contributed by atoms with Crippen molar-refractivity contribution in [2.45, 2.75) is 62.7 Å². The van der Waals surface area contributed by atoms with E-state index in [1.807, 2.05) is 17.0 Å². The van der Waals surface area contributed by atoms with Crippen molar-refractivity contribution >= 4 is 55.6 Å². The first-order valence-corrected chi connectivity index (χ1v) is 22.0. The van der Waals surface area contributed by atoms with Gasteiger partial charge in [0.05, 0.1) is 30.5 Å². The Morgan fingerprint density at radius 1 is 0.932 bits per heavy atom. The van der Waals surface area contributed by atoms with Crippen molar-refractivity contribution in [3.8, 4) is 0 Å². The van der Waals surface area contributed by atoms with Crippen LogP contribution < -0.4 is 20.0 Å². The zero-order chi connectivity index (χ0) is 41.5. The summed E-state index contributed by atoms with van der Waals surface area (Å²) in [4.78, 5) is 38.1. The van der Waals surface area contributed by atoms with Crippen LogP contribution >= 0.6 is 0 Å². The normalized spacial score (nSPS) is 22.2. The minimum atomic E-state index is -4.52. The van der Waals surface area contributed by atoms with E-state index < -0.39 is 34.0 Å². The number of benzene rings is 1. The van der Waals surface area contributed by atoms with E-state index in [9.17, 15) is 26.4 Å². The number of piperidine rings is 2. The number of halogens is 4. The van der Waals surface area contributed by atoms with Crippen molar-refractivity contribution in [1.29, 1.82) is 0 Å². The molecule has 1 N–H and O–H groups in total. The predicted molar refractivity (Wildman–Crippen MR) is 217 cm³/mol. The first-order chi connectivity index (χ1) is 28.2. The van der Waals surface area contributed by atoms with Crippen molar-refractivity contribution in [3.05, 3.63) is 78.8 Å². The quantitative estimate of drug-likeness (QED) is 0.138. The number of amides is 1. The number of carbonyl (C=O) groups is 1. The number of ether oxygens (including phenoxy) is 1. The Morgan fingerprint density at radius 2 is 1.71 bits per heavy atom. The molecule has 0 bridgehead atoms. The highest BCUT2D eigenvalue weighted by molar-refractivity contribution is 7.90. The second-order valence-electron chi connectivity index (χ2n) is 15.9. The van der Waals surface area contributed by atoms with E-state index in [-0.39, 0.29) is 42.1 Å². The Balaban J connectivity index is 0.931. The third-order valence-electron chi connectivity index (χ3n) is 11.6. The summed E-state index contributed by atoms with van der Waals surface area (Å²) in [6, 6.07) is 11.5. The van der Waals surface area contributed by atoms with Crippen LogP contribution in [-0.2, 0) is 25.5 Å². The average Bonchev–Trinajstić information content (AvgIpc) is 3.69. The molecule has 1 amide bonds. The van der Waals surface area contributed by atoms with Gasteiger partial charge in [0.1, 0.15) is 39.2 Å². The summed E-state index contributed by atoms with van der Waals surface area (Å²) in [6.07, 6.45) is 2.48. The highest BCUT2D eigenvalue weighted by Crippen LogP contribution is 2.41. The number of fused-ring (bicyclic) bond motifs is 1.